The van der Waals surface area contributed by atoms with Crippen molar-refractivity contribution in [3.8, 4) is 17.1 Å². The van der Waals surface area contributed by atoms with Crippen LogP contribution in [0.15, 0.2) is 75.9 Å². The fourth-order valence-corrected chi connectivity index (χ4v) is 4.09. The molecule has 150 valence electrons. The normalized spacial score (nSPS) is 11.7. The number of hydrogen-bond donors (Lipinski definition) is 0. The number of ether oxygens (including phenoxy) is 1. The topological polar surface area (TPSA) is 69.6 Å². The molecule has 0 aliphatic carbocycles. The van der Waals surface area contributed by atoms with E-state index in [1.807, 2.05) is 52.9 Å². The Bertz CT molecular complexity index is 1700. The number of nitrogens with zero attached hydrogens (tertiary/aromatic N) is 3. The maximum absolute atomic E-state index is 13.4. The van der Waals surface area contributed by atoms with E-state index in [4.69, 9.17) is 30.7 Å². The van der Waals surface area contributed by atoms with E-state index in [-0.39, 0.29) is 11.1 Å². The Morgan fingerprint density at radius 1 is 1.00 bits per heavy atom. The van der Waals surface area contributed by atoms with E-state index < -0.39 is 0 Å². The molecule has 3 aromatic carbocycles. The number of para-hydroxylation sites is 2. The average Bonchev–Trinajstić information content (AvgIpc) is 3.18. The summed E-state index contributed by atoms with van der Waals surface area (Å²) in [6.45, 7) is 0. The number of aromatic nitrogens is 3. The van der Waals surface area contributed by atoms with E-state index in [2.05, 4.69) is 0 Å². The summed E-state index contributed by atoms with van der Waals surface area (Å²) < 4.78 is 13.2. The van der Waals surface area contributed by atoms with Crippen LogP contribution in [0.4, 0.5) is 0 Å². The third kappa shape index (κ3) is 2.62. The maximum atomic E-state index is 13.4. The molecule has 0 spiro atoms. The van der Waals surface area contributed by atoms with Gasteiger partial charge in [-0.15, -0.1) is 0 Å². The van der Waals surface area contributed by atoms with Crippen LogP contribution in [-0.2, 0) is 0 Å². The van der Waals surface area contributed by atoms with Gasteiger partial charge in [-0.3, -0.25) is 9.20 Å². The van der Waals surface area contributed by atoms with Gasteiger partial charge in [0.2, 0.25) is 11.1 Å². The number of hydrogen-bond acceptors (Lipinski definition) is 5. The van der Waals surface area contributed by atoms with Gasteiger partial charge < -0.3 is 9.15 Å². The molecule has 0 aliphatic heterocycles. The van der Waals surface area contributed by atoms with Crippen molar-refractivity contribution in [3.63, 3.8) is 0 Å². The van der Waals surface area contributed by atoms with Crippen LogP contribution in [0.2, 0.25) is 5.02 Å². The highest BCUT2D eigenvalue weighted by Gasteiger charge is 2.20. The fraction of sp³-hybridized carbons (Fsp3) is 0.0417. The predicted molar refractivity (Wildman–Crippen MR) is 121 cm³/mol. The van der Waals surface area contributed by atoms with Crippen LogP contribution < -0.4 is 10.2 Å². The highest BCUT2D eigenvalue weighted by molar-refractivity contribution is 6.31. The second-order valence-corrected chi connectivity index (χ2v) is 7.61. The predicted octanol–water partition coefficient (Wildman–Crippen LogP) is 5.47. The third-order valence-corrected chi connectivity index (χ3v) is 5.62. The molecule has 6 rings (SSSR count). The summed E-state index contributed by atoms with van der Waals surface area (Å²) >= 11 is 6.13. The van der Waals surface area contributed by atoms with E-state index in [0.29, 0.717) is 32.8 Å². The Hall–Kier alpha value is -3.90. The zero-order valence-corrected chi connectivity index (χ0v) is 17.1. The molecule has 0 saturated carbocycles. The maximum Gasteiger partial charge on any atom is 0.236 e. The van der Waals surface area contributed by atoms with Gasteiger partial charge in [0, 0.05) is 10.6 Å². The monoisotopic (exact) mass is 427 g/mol. The van der Waals surface area contributed by atoms with Gasteiger partial charge >= 0.3 is 0 Å². The van der Waals surface area contributed by atoms with Crippen molar-refractivity contribution in [3.05, 3.63) is 82.0 Å². The molecule has 0 N–H and O–H groups in total. The van der Waals surface area contributed by atoms with Crippen molar-refractivity contribution >= 4 is 50.4 Å². The van der Waals surface area contributed by atoms with Crippen LogP contribution in [0.25, 0.3) is 50.1 Å². The van der Waals surface area contributed by atoms with Crippen LogP contribution >= 0.6 is 11.6 Å². The van der Waals surface area contributed by atoms with Gasteiger partial charge in [-0.2, -0.15) is 4.98 Å². The molecule has 0 saturated heterocycles. The Labute approximate surface area is 180 Å². The summed E-state index contributed by atoms with van der Waals surface area (Å²) in [7, 11) is 1.62. The van der Waals surface area contributed by atoms with E-state index in [1.165, 1.54) is 0 Å². The zero-order valence-electron chi connectivity index (χ0n) is 16.3. The number of rotatable bonds is 2. The molecule has 0 atom stereocenters. The van der Waals surface area contributed by atoms with Crippen LogP contribution in [0, 0.1) is 0 Å². The molecule has 31 heavy (non-hydrogen) atoms. The summed E-state index contributed by atoms with van der Waals surface area (Å²) in [5.74, 6) is 1.36. The highest BCUT2D eigenvalue weighted by Crippen LogP contribution is 2.31. The average molecular weight is 428 g/mol. The zero-order chi connectivity index (χ0) is 21.1. The van der Waals surface area contributed by atoms with Gasteiger partial charge in [0.1, 0.15) is 22.5 Å². The second-order valence-electron chi connectivity index (χ2n) is 7.18. The minimum atomic E-state index is -0.215. The van der Waals surface area contributed by atoms with E-state index in [9.17, 15) is 4.79 Å². The Balaban J connectivity index is 1.83. The smallest absolute Gasteiger partial charge is 0.236 e. The third-order valence-electron chi connectivity index (χ3n) is 5.39. The molecular weight excluding hydrogens is 414 g/mol. The number of halogens is 1. The summed E-state index contributed by atoms with van der Waals surface area (Å²) in [6.07, 6.45) is 0. The SMILES string of the molecule is COc1ccc(-c2nc3oc4ccc(Cl)cc4c(=O)c3c3nc4ccccc4n23)cc1. The van der Waals surface area contributed by atoms with Crippen LogP contribution in [0.3, 0.4) is 0 Å². The number of fused-ring (bicyclic) bond motifs is 6. The minimum Gasteiger partial charge on any atom is -0.497 e. The van der Waals surface area contributed by atoms with Crippen LogP contribution in [0.5, 0.6) is 5.75 Å². The lowest BCUT2D eigenvalue weighted by Crippen LogP contribution is -2.08. The van der Waals surface area contributed by atoms with E-state index in [0.717, 1.165) is 22.3 Å². The lowest BCUT2D eigenvalue weighted by Gasteiger charge is -2.10. The van der Waals surface area contributed by atoms with Crippen molar-refractivity contribution in [2.45, 2.75) is 0 Å². The van der Waals surface area contributed by atoms with Gasteiger partial charge in [0.15, 0.2) is 5.65 Å². The number of imidazole rings is 1. The lowest BCUT2D eigenvalue weighted by atomic mass is 10.1. The molecule has 0 amide bonds. The lowest BCUT2D eigenvalue weighted by molar-refractivity contribution is 0.415. The first-order valence-corrected chi connectivity index (χ1v) is 9.99. The summed E-state index contributed by atoms with van der Waals surface area (Å²) in [5, 5.41) is 1.18. The summed E-state index contributed by atoms with van der Waals surface area (Å²) in [4.78, 5) is 23.0. The standard InChI is InChI=1S/C24H14ClN3O3/c1-30-15-9-6-13(7-10-15)22-27-24-20(21(29)16-12-14(25)8-11-19(16)31-24)23-26-17-4-2-3-5-18(17)28(22)23/h2-12H,1H3. The first kappa shape index (κ1) is 17.9. The van der Waals surface area contributed by atoms with Crippen molar-refractivity contribution in [1.82, 2.24) is 14.4 Å². The van der Waals surface area contributed by atoms with Crippen molar-refractivity contribution < 1.29 is 9.15 Å². The second kappa shape index (κ2) is 6.55. The summed E-state index contributed by atoms with van der Waals surface area (Å²) in [6, 6.07) is 20.2. The van der Waals surface area contributed by atoms with Crippen molar-refractivity contribution in [1.29, 1.82) is 0 Å². The van der Waals surface area contributed by atoms with Gasteiger partial charge in [0.05, 0.1) is 23.5 Å². The van der Waals surface area contributed by atoms with Gasteiger partial charge in [0.25, 0.3) is 0 Å². The molecule has 6 nitrogen and oxygen atoms in total. The molecule has 0 radical (unpaired) electrons. The summed E-state index contributed by atoms with van der Waals surface area (Å²) in [5.41, 5.74) is 3.39. The molecule has 3 heterocycles. The minimum absolute atomic E-state index is 0.215. The number of benzene rings is 3. The van der Waals surface area contributed by atoms with Crippen molar-refractivity contribution in [2.24, 2.45) is 0 Å². The molecule has 0 fully saturated rings. The molecule has 7 heteroatoms. The fourth-order valence-electron chi connectivity index (χ4n) is 3.92. The largest absolute Gasteiger partial charge is 0.497 e. The molecule has 0 aliphatic rings. The molecule has 6 aromatic rings. The van der Waals surface area contributed by atoms with Gasteiger partial charge in [-0.1, -0.05) is 23.7 Å². The molecule has 0 unspecified atom stereocenters. The number of methoxy groups -OCH3 is 1. The first-order valence-electron chi connectivity index (χ1n) is 9.62. The molecule has 0 bridgehead atoms. The van der Waals surface area contributed by atoms with E-state index >= 15 is 0 Å². The van der Waals surface area contributed by atoms with Crippen LogP contribution in [0.1, 0.15) is 0 Å². The molecular formula is C24H14ClN3O3. The molecule has 3 aromatic heterocycles. The Morgan fingerprint density at radius 3 is 2.61 bits per heavy atom. The first-order chi connectivity index (χ1) is 15.1. The van der Waals surface area contributed by atoms with Crippen LogP contribution in [-0.4, -0.2) is 21.5 Å². The van der Waals surface area contributed by atoms with E-state index in [1.54, 1.807) is 25.3 Å². The van der Waals surface area contributed by atoms with Gasteiger partial charge in [-0.05, 0) is 54.6 Å². The van der Waals surface area contributed by atoms with Gasteiger partial charge in [-0.25, -0.2) is 4.98 Å². The Morgan fingerprint density at radius 2 is 1.81 bits per heavy atom. The highest BCUT2D eigenvalue weighted by atomic mass is 35.5. The van der Waals surface area contributed by atoms with Crippen molar-refractivity contribution in [2.75, 3.05) is 7.11 Å². The quantitative estimate of drug-likeness (QED) is 0.343. The Kier molecular flexibility index (Phi) is 3.79.